The Balaban J connectivity index is 1.38. The molecule has 0 radical (unpaired) electrons. The quantitative estimate of drug-likeness (QED) is 0.718. The molecule has 3 aliphatic rings. The van der Waals surface area contributed by atoms with Crippen molar-refractivity contribution in [2.24, 2.45) is 5.92 Å². The first-order valence-electron chi connectivity index (χ1n) is 10.4. The minimum Gasteiger partial charge on any atom is -0.372 e. The fourth-order valence-electron chi connectivity index (χ4n) is 4.62. The van der Waals surface area contributed by atoms with Gasteiger partial charge in [0.2, 0.25) is 0 Å². The number of piperidine rings is 1. The molecule has 0 bridgehead atoms. The van der Waals surface area contributed by atoms with Crippen LogP contribution in [0.25, 0.3) is 0 Å². The molecule has 1 atom stereocenters. The van der Waals surface area contributed by atoms with Crippen molar-refractivity contribution < 1.29 is 14.3 Å². The highest BCUT2D eigenvalue weighted by molar-refractivity contribution is 5.99. The number of piperazine rings is 1. The maximum atomic E-state index is 12.8. The molecule has 1 aromatic carbocycles. The van der Waals surface area contributed by atoms with Gasteiger partial charge in [-0.3, -0.25) is 10.1 Å². The Bertz CT molecular complexity index is 680. The van der Waals surface area contributed by atoms with E-state index in [9.17, 15) is 4.79 Å². The molecular weight excluding hydrogens is 356 g/mol. The van der Waals surface area contributed by atoms with Crippen molar-refractivity contribution in [3.05, 3.63) is 29.3 Å². The van der Waals surface area contributed by atoms with Crippen molar-refractivity contribution in [3.63, 3.8) is 0 Å². The molecule has 3 heterocycles. The molecule has 1 aromatic rings. The van der Waals surface area contributed by atoms with Gasteiger partial charge in [-0.2, -0.15) is 0 Å². The Labute approximate surface area is 167 Å². The number of hydrogen-bond acceptors (Lipinski definition) is 6. The highest BCUT2D eigenvalue weighted by atomic mass is 16.7. The summed E-state index contributed by atoms with van der Waals surface area (Å²) in [6, 6.07) is 6.35. The Morgan fingerprint density at radius 2 is 1.96 bits per heavy atom. The summed E-state index contributed by atoms with van der Waals surface area (Å²) in [5.74, 6) is 0.782. The van der Waals surface area contributed by atoms with Crippen LogP contribution in [0.1, 0.15) is 35.2 Å². The molecule has 7 nitrogen and oxygen atoms in total. The second kappa shape index (κ2) is 8.78. The molecule has 7 heteroatoms. The van der Waals surface area contributed by atoms with Crippen molar-refractivity contribution in [2.75, 3.05) is 51.8 Å². The number of amides is 1. The number of carbonyl (C=O) groups is 1. The second-order valence-corrected chi connectivity index (χ2v) is 8.02. The third kappa shape index (κ3) is 4.03. The molecule has 154 valence electrons. The fraction of sp³-hybridized carbons (Fsp3) is 0.667. The summed E-state index contributed by atoms with van der Waals surface area (Å²) >= 11 is 0. The topological polar surface area (TPSA) is 66.1 Å². The number of fused-ring (bicyclic) bond motifs is 1. The molecule has 0 spiro atoms. The lowest BCUT2D eigenvalue weighted by atomic mass is 9.92. The second-order valence-electron chi connectivity index (χ2n) is 8.02. The number of anilines is 1. The monoisotopic (exact) mass is 388 g/mol. The molecule has 2 saturated heterocycles. The van der Waals surface area contributed by atoms with E-state index in [-0.39, 0.29) is 18.4 Å². The lowest BCUT2D eigenvalue weighted by molar-refractivity contribution is -0.115. The summed E-state index contributed by atoms with van der Waals surface area (Å²) in [5.41, 5.74) is 3.24. The Hall–Kier alpha value is -1.67. The highest BCUT2D eigenvalue weighted by Crippen LogP contribution is 2.31. The number of nitrogens with one attached hydrogen (secondary N) is 2. The van der Waals surface area contributed by atoms with Crippen LogP contribution in [0, 0.1) is 5.92 Å². The van der Waals surface area contributed by atoms with Gasteiger partial charge in [0.1, 0.15) is 0 Å². The van der Waals surface area contributed by atoms with E-state index in [4.69, 9.17) is 9.47 Å². The van der Waals surface area contributed by atoms with Crippen LogP contribution in [-0.4, -0.2) is 70.2 Å². The van der Waals surface area contributed by atoms with E-state index >= 15 is 0 Å². The number of rotatable bonds is 6. The highest BCUT2D eigenvalue weighted by Gasteiger charge is 2.34. The van der Waals surface area contributed by atoms with Crippen LogP contribution >= 0.6 is 0 Å². The molecule has 2 fully saturated rings. The number of ether oxygens (including phenoxy) is 2. The van der Waals surface area contributed by atoms with Gasteiger partial charge in [-0.25, -0.2) is 0 Å². The molecule has 0 saturated carbocycles. The van der Waals surface area contributed by atoms with E-state index in [2.05, 4.69) is 27.7 Å². The minimum absolute atomic E-state index is 0.0855. The van der Waals surface area contributed by atoms with E-state index in [1.54, 1.807) is 14.2 Å². The van der Waals surface area contributed by atoms with E-state index in [1.807, 2.05) is 11.0 Å². The van der Waals surface area contributed by atoms with Gasteiger partial charge in [-0.05, 0) is 42.5 Å². The SMILES string of the molecule is COC(CC1CCN(c2ccc3c(c2)CN(C2CNCCN2)C3=O)CC1)OC. The van der Waals surface area contributed by atoms with Crippen LogP contribution in [0.2, 0.25) is 0 Å². The summed E-state index contributed by atoms with van der Waals surface area (Å²) in [6.45, 7) is 5.44. The van der Waals surface area contributed by atoms with Crippen molar-refractivity contribution in [3.8, 4) is 0 Å². The average molecular weight is 389 g/mol. The third-order valence-electron chi connectivity index (χ3n) is 6.35. The Morgan fingerprint density at radius 3 is 2.64 bits per heavy atom. The molecule has 1 amide bonds. The lowest BCUT2D eigenvalue weighted by Gasteiger charge is -2.34. The van der Waals surface area contributed by atoms with Crippen LogP contribution in [0.15, 0.2) is 18.2 Å². The van der Waals surface area contributed by atoms with Crippen LogP contribution in [0.5, 0.6) is 0 Å². The summed E-state index contributed by atoms with van der Waals surface area (Å²) in [7, 11) is 3.41. The average Bonchev–Trinajstić information content (AvgIpc) is 3.09. The van der Waals surface area contributed by atoms with Crippen LogP contribution < -0.4 is 15.5 Å². The van der Waals surface area contributed by atoms with E-state index < -0.39 is 0 Å². The predicted molar refractivity (Wildman–Crippen MR) is 108 cm³/mol. The van der Waals surface area contributed by atoms with Gasteiger partial charge in [0.25, 0.3) is 5.91 Å². The predicted octanol–water partition coefficient (Wildman–Crippen LogP) is 1.39. The van der Waals surface area contributed by atoms with Gasteiger partial charge in [0.15, 0.2) is 6.29 Å². The van der Waals surface area contributed by atoms with Crippen molar-refractivity contribution in [1.29, 1.82) is 0 Å². The van der Waals surface area contributed by atoms with Gasteiger partial charge < -0.3 is 24.6 Å². The van der Waals surface area contributed by atoms with E-state index in [0.717, 1.165) is 63.1 Å². The summed E-state index contributed by atoms with van der Waals surface area (Å²) < 4.78 is 10.7. The van der Waals surface area contributed by atoms with Gasteiger partial charge in [-0.1, -0.05) is 0 Å². The maximum absolute atomic E-state index is 12.8. The molecule has 0 aliphatic carbocycles. The van der Waals surface area contributed by atoms with E-state index in [0.29, 0.717) is 12.5 Å². The number of methoxy groups -OCH3 is 2. The van der Waals surface area contributed by atoms with Gasteiger partial charge in [-0.15, -0.1) is 0 Å². The zero-order valence-corrected chi connectivity index (χ0v) is 16.9. The number of benzene rings is 1. The van der Waals surface area contributed by atoms with Crippen LogP contribution in [0.3, 0.4) is 0 Å². The summed E-state index contributed by atoms with van der Waals surface area (Å²) in [5, 5.41) is 6.81. The third-order valence-corrected chi connectivity index (χ3v) is 6.35. The van der Waals surface area contributed by atoms with Crippen molar-refractivity contribution in [2.45, 2.75) is 38.3 Å². The van der Waals surface area contributed by atoms with E-state index in [1.165, 1.54) is 5.69 Å². The summed E-state index contributed by atoms with van der Waals surface area (Å²) in [4.78, 5) is 17.2. The Kier molecular flexibility index (Phi) is 6.16. The standard InChI is InChI=1S/C21H32N4O3/c1-27-20(28-2)11-15-5-9-24(10-6-15)17-3-4-18-16(12-17)14-25(21(18)26)19-13-22-7-8-23-19/h3-4,12,15,19-20,22-23H,5-11,13-14H2,1-2H3. The number of nitrogens with zero attached hydrogens (tertiary/aromatic N) is 2. The van der Waals surface area contributed by atoms with Crippen molar-refractivity contribution in [1.82, 2.24) is 15.5 Å². The largest absolute Gasteiger partial charge is 0.372 e. The van der Waals surface area contributed by atoms with Gasteiger partial charge in [0.05, 0.1) is 6.17 Å². The summed E-state index contributed by atoms with van der Waals surface area (Å²) in [6.07, 6.45) is 3.22. The molecule has 3 aliphatic heterocycles. The molecule has 1 unspecified atom stereocenters. The van der Waals surface area contributed by atoms with Gasteiger partial charge in [0, 0.05) is 71.2 Å². The minimum atomic E-state index is -0.101. The number of carbonyl (C=O) groups excluding carboxylic acids is 1. The Morgan fingerprint density at radius 1 is 1.18 bits per heavy atom. The van der Waals surface area contributed by atoms with Gasteiger partial charge >= 0.3 is 0 Å². The smallest absolute Gasteiger partial charge is 0.255 e. The lowest BCUT2D eigenvalue weighted by Crippen LogP contribution is -2.57. The van der Waals surface area contributed by atoms with Crippen molar-refractivity contribution >= 4 is 11.6 Å². The number of hydrogen-bond donors (Lipinski definition) is 2. The van der Waals surface area contributed by atoms with Crippen LogP contribution in [0.4, 0.5) is 5.69 Å². The molecule has 2 N–H and O–H groups in total. The molecule has 28 heavy (non-hydrogen) atoms. The zero-order valence-electron chi connectivity index (χ0n) is 16.9. The maximum Gasteiger partial charge on any atom is 0.255 e. The molecule has 4 rings (SSSR count). The first-order chi connectivity index (χ1) is 13.7. The zero-order chi connectivity index (χ0) is 19.5. The fourth-order valence-corrected chi connectivity index (χ4v) is 4.62. The first-order valence-corrected chi connectivity index (χ1v) is 10.4. The molecular formula is C21H32N4O3. The molecule has 0 aromatic heterocycles. The van der Waals surface area contributed by atoms with Crippen LogP contribution in [-0.2, 0) is 16.0 Å². The first kappa shape index (κ1) is 19.6. The normalized spacial score (nSPS) is 23.5.